The summed E-state index contributed by atoms with van der Waals surface area (Å²) in [6, 6.07) is 1.11. The van der Waals surface area contributed by atoms with Crippen LogP contribution in [-0.4, -0.2) is 9.91 Å². The van der Waals surface area contributed by atoms with Gasteiger partial charge in [0, 0.05) is 0 Å². The van der Waals surface area contributed by atoms with Crippen LogP contribution >= 0.6 is 11.6 Å². The Labute approximate surface area is 88.0 Å². The van der Waals surface area contributed by atoms with Gasteiger partial charge in [0.25, 0.3) is 6.43 Å². The van der Waals surface area contributed by atoms with Crippen molar-refractivity contribution in [3.05, 3.63) is 27.4 Å². The van der Waals surface area contributed by atoms with Crippen LogP contribution in [0, 0.1) is 10.1 Å². The van der Waals surface area contributed by atoms with E-state index in [1.807, 2.05) is 0 Å². The number of aromatic nitrogens is 1. The second kappa shape index (κ2) is 4.35. The van der Waals surface area contributed by atoms with Crippen LogP contribution in [0.2, 0.25) is 0 Å². The first-order valence-electron chi connectivity index (χ1n) is 3.75. The van der Waals surface area contributed by atoms with Gasteiger partial charge in [0.2, 0.25) is 0 Å². The molecule has 0 saturated heterocycles. The molecule has 0 aliphatic rings. The van der Waals surface area contributed by atoms with Gasteiger partial charge in [0.1, 0.15) is 5.82 Å². The Kier molecular flexibility index (Phi) is 3.35. The van der Waals surface area contributed by atoms with Gasteiger partial charge in [-0.15, -0.1) is 11.6 Å². The van der Waals surface area contributed by atoms with Gasteiger partial charge in [0.15, 0.2) is 5.69 Å². The number of hydrogen-bond donors (Lipinski definition) is 1. The van der Waals surface area contributed by atoms with E-state index in [9.17, 15) is 18.9 Å². The maximum Gasteiger partial charge on any atom is 0.301 e. The van der Waals surface area contributed by atoms with E-state index in [1.54, 1.807) is 0 Å². The molecule has 0 spiro atoms. The summed E-state index contributed by atoms with van der Waals surface area (Å²) in [5.74, 6) is -0.491. The minimum Gasteiger partial charge on any atom is -0.384 e. The molecule has 0 aliphatic carbocycles. The third-order valence-corrected chi connectivity index (χ3v) is 1.94. The molecule has 0 saturated carbocycles. The molecule has 1 aromatic heterocycles. The molecule has 0 aliphatic heterocycles. The number of halogens is 3. The number of nitrogens with two attached hydrogens (primary N) is 1. The fourth-order valence-electron chi connectivity index (χ4n) is 1.10. The fraction of sp³-hybridized carbons (Fsp3) is 0.286. The first-order chi connectivity index (χ1) is 6.97. The van der Waals surface area contributed by atoms with Crippen molar-refractivity contribution < 1.29 is 13.7 Å². The van der Waals surface area contributed by atoms with Gasteiger partial charge in [0.05, 0.1) is 16.4 Å². The molecule has 0 radical (unpaired) electrons. The first kappa shape index (κ1) is 11.6. The first-order valence-corrected chi connectivity index (χ1v) is 4.28. The van der Waals surface area contributed by atoms with Crippen molar-refractivity contribution in [2.24, 2.45) is 0 Å². The van der Waals surface area contributed by atoms with Crippen LogP contribution in [0.4, 0.5) is 20.3 Å². The average molecular weight is 238 g/mol. The predicted octanol–water partition coefficient (Wildman–Crippen LogP) is 2.25. The van der Waals surface area contributed by atoms with Crippen molar-refractivity contribution in [3.8, 4) is 0 Å². The highest BCUT2D eigenvalue weighted by molar-refractivity contribution is 6.17. The van der Waals surface area contributed by atoms with E-state index in [2.05, 4.69) is 4.98 Å². The largest absolute Gasteiger partial charge is 0.384 e. The zero-order valence-corrected chi connectivity index (χ0v) is 8.04. The van der Waals surface area contributed by atoms with Gasteiger partial charge in [-0.25, -0.2) is 13.8 Å². The molecule has 2 N–H and O–H groups in total. The number of pyridine rings is 1. The number of rotatable bonds is 3. The van der Waals surface area contributed by atoms with Crippen LogP contribution in [0.3, 0.4) is 0 Å². The molecule has 0 unspecified atom stereocenters. The lowest BCUT2D eigenvalue weighted by Crippen LogP contribution is -2.05. The average Bonchev–Trinajstić information content (AvgIpc) is 2.15. The van der Waals surface area contributed by atoms with E-state index in [-0.39, 0.29) is 17.3 Å². The van der Waals surface area contributed by atoms with Gasteiger partial charge >= 0.3 is 5.69 Å². The molecular weight excluding hydrogens is 232 g/mol. The predicted molar refractivity (Wildman–Crippen MR) is 49.8 cm³/mol. The summed E-state index contributed by atoms with van der Waals surface area (Å²) >= 11 is 5.39. The molecule has 8 heteroatoms. The molecule has 1 rings (SSSR count). The van der Waals surface area contributed by atoms with Gasteiger partial charge in [-0.1, -0.05) is 0 Å². The lowest BCUT2D eigenvalue weighted by Gasteiger charge is -2.05. The normalized spacial score (nSPS) is 10.7. The van der Waals surface area contributed by atoms with Crippen molar-refractivity contribution in [2.75, 3.05) is 5.73 Å². The summed E-state index contributed by atoms with van der Waals surface area (Å²) < 4.78 is 24.8. The molecule has 15 heavy (non-hydrogen) atoms. The molecule has 1 heterocycles. The highest BCUT2D eigenvalue weighted by Crippen LogP contribution is 2.32. The molecular formula is C7H6ClF2N3O2. The standard InChI is InChI=1S/C7H6ClF2N3O2/c8-2-3-1-4(11)12-5(7(9)10)6(3)13(14)15/h1,7H,2H2,(H2,11,12). The molecule has 0 atom stereocenters. The van der Waals surface area contributed by atoms with Gasteiger partial charge in [-0.2, -0.15) is 0 Å². The van der Waals surface area contributed by atoms with E-state index in [0.717, 1.165) is 6.07 Å². The van der Waals surface area contributed by atoms with E-state index < -0.39 is 22.7 Å². The second-order valence-corrected chi connectivity index (χ2v) is 2.90. The summed E-state index contributed by atoms with van der Waals surface area (Å²) in [5.41, 5.74) is 3.43. The Morgan fingerprint density at radius 1 is 1.67 bits per heavy atom. The Morgan fingerprint density at radius 2 is 2.27 bits per heavy atom. The van der Waals surface area contributed by atoms with Crippen LogP contribution in [0.15, 0.2) is 6.07 Å². The summed E-state index contributed by atoms with van der Waals surface area (Å²) in [6.07, 6.45) is -3.06. The van der Waals surface area contributed by atoms with E-state index in [1.165, 1.54) is 0 Å². The molecule has 0 aromatic carbocycles. The molecule has 1 aromatic rings. The number of alkyl halides is 3. The number of nitrogen functional groups attached to an aromatic ring is 1. The maximum atomic E-state index is 12.4. The van der Waals surface area contributed by atoms with E-state index in [4.69, 9.17) is 17.3 Å². The fourth-order valence-corrected chi connectivity index (χ4v) is 1.30. The summed E-state index contributed by atoms with van der Waals surface area (Å²) in [6.45, 7) is 0. The molecule has 82 valence electrons. The zero-order chi connectivity index (χ0) is 11.6. The quantitative estimate of drug-likeness (QED) is 0.497. The summed E-state index contributed by atoms with van der Waals surface area (Å²) in [5, 5.41) is 10.5. The number of nitro groups is 1. The van der Waals surface area contributed by atoms with Crippen LogP contribution < -0.4 is 5.73 Å². The number of hydrogen-bond acceptors (Lipinski definition) is 4. The molecule has 0 bridgehead atoms. The van der Waals surface area contributed by atoms with Crippen molar-refractivity contribution >= 4 is 23.1 Å². The van der Waals surface area contributed by atoms with Crippen molar-refractivity contribution in [3.63, 3.8) is 0 Å². The van der Waals surface area contributed by atoms with E-state index >= 15 is 0 Å². The lowest BCUT2D eigenvalue weighted by atomic mass is 10.2. The minimum absolute atomic E-state index is 0.0653. The topological polar surface area (TPSA) is 82.0 Å². The Morgan fingerprint density at radius 3 is 2.67 bits per heavy atom. The van der Waals surface area contributed by atoms with Crippen LogP contribution in [0.1, 0.15) is 17.7 Å². The molecule has 5 nitrogen and oxygen atoms in total. The van der Waals surface area contributed by atoms with E-state index in [0.29, 0.717) is 0 Å². The highest BCUT2D eigenvalue weighted by Gasteiger charge is 2.27. The molecule has 0 amide bonds. The van der Waals surface area contributed by atoms with Gasteiger partial charge < -0.3 is 5.73 Å². The number of nitrogens with zero attached hydrogens (tertiary/aromatic N) is 2. The van der Waals surface area contributed by atoms with Crippen molar-refractivity contribution in [1.82, 2.24) is 4.98 Å². The van der Waals surface area contributed by atoms with Crippen LogP contribution in [0.25, 0.3) is 0 Å². The van der Waals surface area contributed by atoms with Crippen molar-refractivity contribution in [2.45, 2.75) is 12.3 Å². The number of anilines is 1. The monoisotopic (exact) mass is 237 g/mol. The summed E-state index contributed by atoms with van der Waals surface area (Å²) in [4.78, 5) is 12.8. The van der Waals surface area contributed by atoms with Gasteiger partial charge in [-0.05, 0) is 6.07 Å². The van der Waals surface area contributed by atoms with Crippen molar-refractivity contribution in [1.29, 1.82) is 0 Å². The third-order valence-electron chi connectivity index (χ3n) is 1.65. The zero-order valence-electron chi connectivity index (χ0n) is 7.28. The SMILES string of the molecule is Nc1cc(CCl)c([N+](=O)[O-])c(C(F)F)n1. The summed E-state index contributed by atoms with van der Waals surface area (Å²) in [7, 11) is 0. The minimum atomic E-state index is -3.06. The van der Waals surface area contributed by atoms with Crippen LogP contribution in [-0.2, 0) is 5.88 Å². The third kappa shape index (κ3) is 2.30. The smallest absolute Gasteiger partial charge is 0.301 e. The maximum absolute atomic E-state index is 12.4. The Hall–Kier alpha value is -1.50. The lowest BCUT2D eigenvalue weighted by molar-refractivity contribution is -0.387. The van der Waals surface area contributed by atoms with Gasteiger partial charge in [-0.3, -0.25) is 10.1 Å². The van der Waals surface area contributed by atoms with Crippen LogP contribution in [0.5, 0.6) is 0 Å². The second-order valence-electron chi connectivity index (χ2n) is 2.63. The Balaban J connectivity index is 3.47. The Bertz CT molecular complexity index is 400. The molecule has 0 fully saturated rings. The highest BCUT2D eigenvalue weighted by atomic mass is 35.5.